The van der Waals surface area contributed by atoms with Gasteiger partial charge in [-0.2, -0.15) is 0 Å². The van der Waals surface area contributed by atoms with Gasteiger partial charge in [0.25, 0.3) is 0 Å². The predicted molar refractivity (Wildman–Crippen MR) is 49.9 cm³/mol. The molecule has 0 spiro atoms. The molecule has 2 heteroatoms. The van der Waals surface area contributed by atoms with Gasteiger partial charge in [0.15, 0.2) is 0 Å². The van der Waals surface area contributed by atoms with E-state index in [1.54, 1.807) is 7.05 Å². The van der Waals surface area contributed by atoms with Crippen LogP contribution in [-0.2, 0) is 4.79 Å². The summed E-state index contributed by atoms with van der Waals surface area (Å²) in [6.45, 7) is 5.32. The molecule has 1 aromatic rings. The van der Waals surface area contributed by atoms with E-state index >= 15 is 0 Å². The van der Waals surface area contributed by atoms with E-state index in [4.69, 9.17) is 0 Å². The lowest BCUT2D eigenvalue weighted by Gasteiger charge is -2.14. The molecule has 0 saturated carbocycles. The summed E-state index contributed by atoms with van der Waals surface area (Å²) < 4.78 is 0. The van der Waals surface area contributed by atoms with Crippen LogP contribution in [0.5, 0.6) is 0 Å². The Kier molecular flexibility index (Phi) is 2.48. The lowest BCUT2D eigenvalue weighted by molar-refractivity contribution is -0.114. The molecule has 2 nitrogen and oxygen atoms in total. The molecule has 0 fully saturated rings. The van der Waals surface area contributed by atoms with Crippen molar-refractivity contribution in [3.63, 3.8) is 0 Å². The van der Waals surface area contributed by atoms with Crippen LogP contribution in [0, 0.1) is 13.8 Å². The molecule has 12 heavy (non-hydrogen) atoms. The summed E-state index contributed by atoms with van der Waals surface area (Å²) in [6.07, 6.45) is 0. The number of benzene rings is 1. The van der Waals surface area contributed by atoms with E-state index in [1.165, 1.54) is 4.90 Å². The number of amides is 1. The number of anilines is 1. The molecule has 0 aliphatic carbocycles. The van der Waals surface area contributed by atoms with Crippen molar-refractivity contribution < 1.29 is 4.79 Å². The van der Waals surface area contributed by atoms with E-state index in [2.05, 4.69) is 6.92 Å². The fourth-order valence-corrected chi connectivity index (χ4v) is 0.981. The van der Waals surface area contributed by atoms with Gasteiger partial charge in [0.05, 0.1) is 0 Å². The Morgan fingerprint density at radius 3 is 2.67 bits per heavy atom. The van der Waals surface area contributed by atoms with Crippen LogP contribution in [0.3, 0.4) is 0 Å². The van der Waals surface area contributed by atoms with Crippen LogP contribution in [-0.4, -0.2) is 13.0 Å². The molecule has 0 N–H and O–H groups in total. The lowest BCUT2D eigenvalue weighted by atomic mass is 10.2. The Morgan fingerprint density at radius 2 is 2.17 bits per heavy atom. The minimum atomic E-state index is -0.194. The molecule has 0 unspecified atom stereocenters. The predicted octanol–water partition coefficient (Wildman–Crippen LogP) is 1.79. The first-order chi connectivity index (χ1) is 5.61. The third-order valence-electron chi connectivity index (χ3n) is 1.76. The summed E-state index contributed by atoms with van der Waals surface area (Å²) in [5.74, 6) is -0.194. The maximum Gasteiger partial charge on any atom is 0.227 e. The number of hydrogen-bond donors (Lipinski definition) is 0. The van der Waals surface area contributed by atoms with Crippen molar-refractivity contribution in [2.75, 3.05) is 11.9 Å². The van der Waals surface area contributed by atoms with Crippen molar-refractivity contribution >= 4 is 11.6 Å². The van der Waals surface area contributed by atoms with E-state index in [0.29, 0.717) is 0 Å². The van der Waals surface area contributed by atoms with Crippen molar-refractivity contribution in [1.82, 2.24) is 0 Å². The molecule has 1 radical (unpaired) electrons. The van der Waals surface area contributed by atoms with E-state index < -0.39 is 0 Å². The topological polar surface area (TPSA) is 20.3 Å². The minimum absolute atomic E-state index is 0.194. The first-order valence-electron chi connectivity index (χ1n) is 3.77. The third-order valence-corrected chi connectivity index (χ3v) is 1.76. The van der Waals surface area contributed by atoms with Crippen LogP contribution in [0.25, 0.3) is 0 Å². The van der Waals surface area contributed by atoms with E-state index in [1.807, 2.05) is 31.2 Å². The number of carbonyl (C=O) groups is 1. The van der Waals surface area contributed by atoms with Crippen molar-refractivity contribution in [1.29, 1.82) is 0 Å². The zero-order valence-corrected chi connectivity index (χ0v) is 7.37. The van der Waals surface area contributed by atoms with E-state index in [0.717, 1.165) is 11.3 Å². The van der Waals surface area contributed by atoms with Crippen LogP contribution >= 0.6 is 0 Å². The second-order valence-corrected chi connectivity index (χ2v) is 2.79. The second kappa shape index (κ2) is 3.39. The quantitative estimate of drug-likeness (QED) is 0.616. The van der Waals surface area contributed by atoms with Crippen LogP contribution < -0.4 is 4.90 Å². The van der Waals surface area contributed by atoms with Crippen LogP contribution in [0.15, 0.2) is 24.3 Å². The molecule has 0 saturated heterocycles. The molecule has 1 aromatic carbocycles. The Bertz CT molecular complexity index is 294. The maximum absolute atomic E-state index is 10.9. The van der Waals surface area contributed by atoms with Crippen molar-refractivity contribution in [3.05, 3.63) is 36.8 Å². The Labute approximate surface area is 72.8 Å². The maximum atomic E-state index is 10.9. The van der Waals surface area contributed by atoms with Crippen LogP contribution in [0.4, 0.5) is 5.69 Å². The van der Waals surface area contributed by atoms with Gasteiger partial charge in [0.2, 0.25) is 5.91 Å². The molecule has 0 heterocycles. The summed E-state index contributed by atoms with van der Waals surface area (Å²) in [7, 11) is 1.71. The van der Waals surface area contributed by atoms with Crippen molar-refractivity contribution in [2.45, 2.75) is 6.92 Å². The van der Waals surface area contributed by atoms with Gasteiger partial charge in [0, 0.05) is 19.7 Å². The molecular weight excluding hydrogens is 150 g/mol. The molecule has 0 aliphatic rings. The largest absolute Gasteiger partial charge is 0.315 e. The fourth-order valence-electron chi connectivity index (χ4n) is 0.981. The Morgan fingerprint density at radius 1 is 1.50 bits per heavy atom. The average molecular weight is 162 g/mol. The molecule has 0 bridgehead atoms. The molecule has 63 valence electrons. The SMILES string of the molecule is [CH2]C(=O)N(C)c1cccc(C)c1. The van der Waals surface area contributed by atoms with E-state index in [-0.39, 0.29) is 5.91 Å². The van der Waals surface area contributed by atoms with Gasteiger partial charge in [-0.15, -0.1) is 0 Å². The first-order valence-corrected chi connectivity index (χ1v) is 3.77. The number of nitrogens with zero attached hydrogens (tertiary/aromatic N) is 1. The zero-order valence-electron chi connectivity index (χ0n) is 7.37. The number of hydrogen-bond acceptors (Lipinski definition) is 1. The standard InChI is InChI=1S/C10H12NO/c1-8-5-4-6-10(7-8)11(3)9(2)12/h4-7H,2H2,1,3H3. The summed E-state index contributed by atoms with van der Waals surface area (Å²) >= 11 is 0. The Hall–Kier alpha value is -1.31. The smallest absolute Gasteiger partial charge is 0.227 e. The highest BCUT2D eigenvalue weighted by Gasteiger charge is 2.03. The van der Waals surface area contributed by atoms with Gasteiger partial charge in [-0.25, -0.2) is 0 Å². The van der Waals surface area contributed by atoms with Gasteiger partial charge in [0.1, 0.15) is 0 Å². The highest BCUT2D eigenvalue weighted by atomic mass is 16.2. The molecular formula is C10H12NO. The second-order valence-electron chi connectivity index (χ2n) is 2.79. The monoisotopic (exact) mass is 162 g/mol. The lowest BCUT2D eigenvalue weighted by Crippen LogP contribution is -2.22. The zero-order chi connectivity index (χ0) is 9.14. The summed E-state index contributed by atoms with van der Waals surface area (Å²) in [6, 6.07) is 7.74. The normalized spacial score (nSPS) is 9.58. The number of aryl methyl sites for hydroxylation is 1. The number of carbonyl (C=O) groups excluding carboxylic acids is 1. The van der Waals surface area contributed by atoms with E-state index in [9.17, 15) is 4.79 Å². The fraction of sp³-hybridized carbons (Fsp3) is 0.200. The number of rotatable bonds is 1. The minimum Gasteiger partial charge on any atom is -0.315 e. The van der Waals surface area contributed by atoms with Crippen LogP contribution in [0.1, 0.15) is 5.56 Å². The third kappa shape index (κ3) is 1.84. The summed E-state index contributed by atoms with van der Waals surface area (Å²) in [5.41, 5.74) is 2.02. The van der Waals surface area contributed by atoms with Gasteiger partial charge in [-0.05, 0) is 24.6 Å². The van der Waals surface area contributed by atoms with Crippen molar-refractivity contribution in [2.24, 2.45) is 0 Å². The van der Waals surface area contributed by atoms with Gasteiger partial charge in [-0.3, -0.25) is 4.79 Å². The highest BCUT2D eigenvalue weighted by molar-refractivity contribution is 5.95. The van der Waals surface area contributed by atoms with Gasteiger partial charge in [-0.1, -0.05) is 12.1 Å². The molecule has 1 rings (SSSR count). The summed E-state index contributed by atoms with van der Waals surface area (Å²) in [5, 5.41) is 0. The first kappa shape index (κ1) is 8.78. The van der Waals surface area contributed by atoms with Crippen molar-refractivity contribution in [3.8, 4) is 0 Å². The van der Waals surface area contributed by atoms with Gasteiger partial charge >= 0.3 is 0 Å². The highest BCUT2D eigenvalue weighted by Crippen LogP contribution is 2.13. The van der Waals surface area contributed by atoms with Crippen LogP contribution in [0.2, 0.25) is 0 Å². The summed E-state index contributed by atoms with van der Waals surface area (Å²) in [4.78, 5) is 12.4. The molecule has 1 amide bonds. The Balaban J connectivity index is 2.95. The molecule has 0 atom stereocenters. The molecule has 0 aromatic heterocycles. The average Bonchev–Trinajstić information content (AvgIpc) is 2.03. The van der Waals surface area contributed by atoms with Gasteiger partial charge < -0.3 is 4.90 Å². The molecule has 0 aliphatic heterocycles.